The predicted molar refractivity (Wildman–Crippen MR) is 61.0 cm³/mol. The van der Waals surface area contributed by atoms with E-state index in [4.69, 9.17) is 16.7 Å². The third-order valence-electron chi connectivity index (χ3n) is 2.61. The van der Waals surface area contributed by atoms with Crippen molar-refractivity contribution in [2.45, 2.75) is 18.9 Å². The highest BCUT2D eigenvalue weighted by Gasteiger charge is 2.35. The Hall–Kier alpha value is -1.07. The van der Waals surface area contributed by atoms with Crippen molar-refractivity contribution in [1.29, 1.82) is 0 Å². The largest absolute Gasteiger partial charge is 0.480 e. The summed E-state index contributed by atoms with van der Waals surface area (Å²) >= 11 is 7.10. The Morgan fingerprint density at radius 2 is 2.31 bits per heavy atom. The number of carbonyl (C=O) groups is 2. The molecule has 2 rings (SSSR count). The highest BCUT2D eigenvalue weighted by atomic mass is 35.5. The Kier molecular flexibility index (Phi) is 3.16. The van der Waals surface area contributed by atoms with Crippen LogP contribution < -0.4 is 0 Å². The van der Waals surface area contributed by atoms with Gasteiger partial charge in [-0.15, -0.1) is 11.3 Å². The molecule has 16 heavy (non-hydrogen) atoms. The summed E-state index contributed by atoms with van der Waals surface area (Å²) in [5.41, 5.74) is 0. The summed E-state index contributed by atoms with van der Waals surface area (Å²) in [5, 5.41) is 11.1. The molecule has 1 aromatic rings. The van der Waals surface area contributed by atoms with E-state index in [-0.39, 0.29) is 5.91 Å². The molecule has 1 saturated heterocycles. The Labute approximate surface area is 101 Å². The third-order valence-corrected chi connectivity index (χ3v) is 3.94. The molecule has 1 aromatic heterocycles. The van der Waals surface area contributed by atoms with Gasteiger partial charge in [0, 0.05) is 6.54 Å². The van der Waals surface area contributed by atoms with Gasteiger partial charge in [-0.2, -0.15) is 0 Å². The summed E-state index contributed by atoms with van der Waals surface area (Å²) in [7, 11) is 0. The molecule has 6 heteroatoms. The Morgan fingerprint density at radius 1 is 1.56 bits per heavy atom. The Morgan fingerprint density at radius 3 is 2.88 bits per heavy atom. The quantitative estimate of drug-likeness (QED) is 0.885. The van der Waals surface area contributed by atoms with Gasteiger partial charge >= 0.3 is 5.97 Å². The van der Waals surface area contributed by atoms with Crippen LogP contribution in [-0.4, -0.2) is 34.5 Å². The van der Waals surface area contributed by atoms with E-state index in [1.165, 1.54) is 16.2 Å². The van der Waals surface area contributed by atoms with Gasteiger partial charge < -0.3 is 10.0 Å². The minimum atomic E-state index is -0.946. The lowest BCUT2D eigenvalue weighted by Gasteiger charge is -2.20. The molecular weight excluding hydrogens is 250 g/mol. The summed E-state index contributed by atoms with van der Waals surface area (Å²) < 4.78 is 0. The molecule has 2 heterocycles. The molecule has 0 aliphatic carbocycles. The lowest BCUT2D eigenvalue weighted by atomic mass is 10.2. The molecule has 1 N–H and O–H groups in total. The minimum absolute atomic E-state index is 0.273. The molecule has 0 aromatic carbocycles. The highest BCUT2D eigenvalue weighted by Crippen LogP contribution is 2.27. The molecule has 1 aliphatic rings. The SMILES string of the molecule is O=C(O)C1CCCN1C(=O)c1sccc1Cl. The maximum absolute atomic E-state index is 12.0. The average Bonchev–Trinajstić information content (AvgIpc) is 2.84. The lowest BCUT2D eigenvalue weighted by molar-refractivity contribution is -0.141. The number of hydrogen-bond donors (Lipinski definition) is 1. The number of hydrogen-bond acceptors (Lipinski definition) is 3. The third kappa shape index (κ3) is 1.92. The summed E-state index contributed by atoms with van der Waals surface area (Å²) in [6, 6.07) is 0.941. The van der Waals surface area contributed by atoms with Crippen LogP contribution in [-0.2, 0) is 4.79 Å². The molecule has 1 unspecified atom stereocenters. The fourth-order valence-electron chi connectivity index (χ4n) is 1.84. The monoisotopic (exact) mass is 259 g/mol. The number of halogens is 1. The summed E-state index contributed by atoms with van der Waals surface area (Å²) in [6.45, 7) is 0.490. The topological polar surface area (TPSA) is 57.6 Å². The van der Waals surface area contributed by atoms with Crippen molar-refractivity contribution >= 4 is 34.8 Å². The van der Waals surface area contributed by atoms with Crippen LogP contribution >= 0.6 is 22.9 Å². The van der Waals surface area contributed by atoms with E-state index in [0.29, 0.717) is 22.9 Å². The van der Waals surface area contributed by atoms with E-state index in [1.54, 1.807) is 11.4 Å². The fraction of sp³-hybridized carbons (Fsp3) is 0.400. The lowest BCUT2D eigenvalue weighted by Crippen LogP contribution is -2.40. The smallest absolute Gasteiger partial charge is 0.326 e. The number of likely N-dealkylation sites (tertiary alicyclic amines) is 1. The predicted octanol–water partition coefficient (Wildman–Crippen LogP) is 2.09. The van der Waals surface area contributed by atoms with Crippen LogP contribution in [0, 0.1) is 0 Å². The van der Waals surface area contributed by atoms with Crippen LogP contribution in [0.3, 0.4) is 0 Å². The Balaban J connectivity index is 2.22. The van der Waals surface area contributed by atoms with E-state index < -0.39 is 12.0 Å². The maximum atomic E-state index is 12.0. The summed E-state index contributed by atoms with van der Waals surface area (Å²) in [6.07, 6.45) is 1.25. The molecule has 0 bridgehead atoms. The van der Waals surface area contributed by atoms with Gasteiger partial charge in [0.25, 0.3) is 5.91 Å². The van der Waals surface area contributed by atoms with E-state index in [1.807, 2.05) is 0 Å². The molecule has 0 radical (unpaired) electrons. The van der Waals surface area contributed by atoms with Gasteiger partial charge in [-0.25, -0.2) is 4.79 Å². The summed E-state index contributed by atoms with van der Waals surface area (Å²) in [4.78, 5) is 24.8. The van der Waals surface area contributed by atoms with E-state index in [2.05, 4.69) is 0 Å². The van der Waals surface area contributed by atoms with Gasteiger partial charge in [0.05, 0.1) is 5.02 Å². The number of carboxylic acids is 1. The van der Waals surface area contributed by atoms with Gasteiger partial charge in [-0.3, -0.25) is 4.79 Å². The standard InChI is InChI=1S/C10H10ClNO3S/c11-6-3-5-16-8(6)9(13)12-4-1-2-7(12)10(14)15/h3,5,7H,1-2,4H2,(H,14,15). The second kappa shape index (κ2) is 4.43. The average molecular weight is 260 g/mol. The van der Waals surface area contributed by atoms with E-state index >= 15 is 0 Å². The van der Waals surface area contributed by atoms with Gasteiger partial charge in [0.1, 0.15) is 10.9 Å². The fourth-order valence-corrected chi connectivity index (χ4v) is 2.93. The van der Waals surface area contributed by atoms with Crippen LogP contribution in [0.4, 0.5) is 0 Å². The normalized spacial score (nSPS) is 20.1. The van der Waals surface area contributed by atoms with Crippen molar-refractivity contribution < 1.29 is 14.7 Å². The van der Waals surface area contributed by atoms with Crippen molar-refractivity contribution in [3.8, 4) is 0 Å². The van der Waals surface area contributed by atoms with Crippen molar-refractivity contribution in [2.24, 2.45) is 0 Å². The number of carboxylic acid groups (broad SMARTS) is 1. The first-order chi connectivity index (χ1) is 7.61. The van der Waals surface area contributed by atoms with Gasteiger partial charge in [0.15, 0.2) is 0 Å². The zero-order valence-electron chi connectivity index (χ0n) is 8.35. The molecule has 86 valence electrons. The molecule has 0 saturated carbocycles. The molecule has 1 aliphatic heterocycles. The number of thiophene rings is 1. The maximum Gasteiger partial charge on any atom is 0.326 e. The molecule has 1 amide bonds. The van der Waals surface area contributed by atoms with Crippen molar-refractivity contribution in [1.82, 2.24) is 4.90 Å². The van der Waals surface area contributed by atoms with Crippen LogP contribution in [0.1, 0.15) is 22.5 Å². The first-order valence-electron chi connectivity index (χ1n) is 4.88. The van der Waals surface area contributed by atoms with Gasteiger partial charge in [-0.05, 0) is 24.3 Å². The van der Waals surface area contributed by atoms with Crippen molar-refractivity contribution in [3.05, 3.63) is 21.3 Å². The van der Waals surface area contributed by atoms with Crippen molar-refractivity contribution in [2.75, 3.05) is 6.54 Å². The second-order valence-corrected chi connectivity index (χ2v) is 4.92. The molecule has 1 atom stereocenters. The van der Waals surface area contributed by atoms with E-state index in [9.17, 15) is 9.59 Å². The number of rotatable bonds is 2. The first kappa shape index (κ1) is 11.4. The highest BCUT2D eigenvalue weighted by molar-refractivity contribution is 7.12. The van der Waals surface area contributed by atoms with Crippen LogP contribution in [0.15, 0.2) is 11.4 Å². The van der Waals surface area contributed by atoms with Crippen LogP contribution in [0.25, 0.3) is 0 Å². The van der Waals surface area contributed by atoms with Crippen LogP contribution in [0.2, 0.25) is 5.02 Å². The number of carbonyl (C=O) groups excluding carboxylic acids is 1. The zero-order chi connectivity index (χ0) is 11.7. The number of nitrogens with zero attached hydrogens (tertiary/aromatic N) is 1. The second-order valence-electron chi connectivity index (χ2n) is 3.59. The van der Waals surface area contributed by atoms with E-state index in [0.717, 1.165) is 6.42 Å². The zero-order valence-corrected chi connectivity index (χ0v) is 9.92. The first-order valence-corrected chi connectivity index (χ1v) is 6.14. The molecule has 0 spiro atoms. The van der Waals surface area contributed by atoms with Crippen LogP contribution in [0.5, 0.6) is 0 Å². The van der Waals surface area contributed by atoms with Gasteiger partial charge in [-0.1, -0.05) is 11.6 Å². The minimum Gasteiger partial charge on any atom is -0.480 e. The summed E-state index contributed by atoms with van der Waals surface area (Å²) in [5.74, 6) is -1.22. The number of amides is 1. The molecule has 1 fully saturated rings. The Bertz CT molecular complexity index is 431. The van der Waals surface area contributed by atoms with Crippen molar-refractivity contribution in [3.63, 3.8) is 0 Å². The van der Waals surface area contributed by atoms with Gasteiger partial charge in [0.2, 0.25) is 0 Å². The number of aliphatic carboxylic acids is 1. The molecular formula is C10H10ClNO3S. The molecule has 4 nitrogen and oxygen atoms in total.